The van der Waals surface area contributed by atoms with Gasteiger partial charge in [-0.2, -0.15) is 0 Å². The van der Waals surface area contributed by atoms with Crippen LogP contribution in [0.25, 0.3) is 10.9 Å². The molecule has 0 aliphatic rings. The SMILES string of the molecule is CCC(C)(CCO)Nc1cc(C(=O)O)nc2ccccc12. The summed E-state index contributed by atoms with van der Waals surface area (Å²) in [6.07, 6.45) is 1.40. The third-order valence-electron chi connectivity index (χ3n) is 3.82. The molecule has 2 rings (SSSR count). The molecule has 1 heterocycles. The lowest BCUT2D eigenvalue weighted by Crippen LogP contribution is -2.35. The van der Waals surface area contributed by atoms with E-state index in [0.29, 0.717) is 11.9 Å². The zero-order chi connectivity index (χ0) is 15.5. The number of carboxylic acid groups (broad SMARTS) is 1. The second kappa shape index (κ2) is 6.10. The molecule has 21 heavy (non-hydrogen) atoms. The number of carboxylic acids is 1. The summed E-state index contributed by atoms with van der Waals surface area (Å²) in [5, 5.41) is 22.7. The molecule has 5 heteroatoms. The van der Waals surface area contributed by atoms with Crippen LogP contribution in [0.1, 0.15) is 37.2 Å². The number of hydrogen-bond donors (Lipinski definition) is 3. The Morgan fingerprint density at radius 1 is 1.38 bits per heavy atom. The van der Waals surface area contributed by atoms with Crippen LogP contribution in [0.2, 0.25) is 0 Å². The molecule has 1 aromatic carbocycles. The van der Waals surface area contributed by atoms with Crippen LogP contribution in [-0.2, 0) is 0 Å². The first-order chi connectivity index (χ1) is 9.99. The van der Waals surface area contributed by atoms with Crippen molar-refractivity contribution in [1.29, 1.82) is 0 Å². The maximum atomic E-state index is 11.2. The van der Waals surface area contributed by atoms with Gasteiger partial charge >= 0.3 is 5.97 Å². The van der Waals surface area contributed by atoms with E-state index < -0.39 is 5.97 Å². The van der Waals surface area contributed by atoms with Gasteiger partial charge in [-0.05, 0) is 31.9 Å². The standard InChI is InChI=1S/C16H20N2O3/c1-3-16(2,8-9-19)18-13-10-14(15(20)21)17-12-7-5-4-6-11(12)13/h4-7,10,19H,3,8-9H2,1-2H3,(H,17,18)(H,20,21). The van der Waals surface area contributed by atoms with E-state index in [1.165, 1.54) is 0 Å². The number of nitrogens with zero attached hydrogens (tertiary/aromatic N) is 1. The molecule has 1 atom stereocenters. The Labute approximate surface area is 123 Å². The number of para-hydroxylation sites is 1. The Balaban J connectivity index is 2.53. The Hall–Kier alpha value is -2.14. The van der Waals surface area contributed by atoms with Crippen molar-refractivity contribution in [3.8, 4) is 0 Å². The minimum atomic E-state index is -1.05. The van der Waals surface area contributed by atoms with Gasteiger partial charge in [-0.1, -0.05) is 25.1 Å². The highest BCUT2D eigenvalue weighted by Crippen LogP contribution is 2.28. The molecular formula is C16H20N2O3. The minimum absolute atomic E-state index is 0.0126. The molecule has 5 nitrogen and oxygen atoms in total. The number of fused-ring (bicyclic) bond motifs is 1. The van der Waals surface area contributed by atoms with Gasteiger partial charge in [-0.15, -0.1) is 0 Å². The quantitative estimate of drug-likeness (QED) is 0.761. The van der Waals surface area contributed by atoms with Crippen LogP contribution in [0.3, 0.4) is 0 Å². The van der Waals surface area contributed by atoms with Gasteiger partial charge in [0.25, 0.3) is 0 Å². The van der Waals surface area contributed by atoms with Crippen molar-refractivity contribution in [2.24, 2.45) is 0 Å². The first-order valence-electron chi connectivity index (χ1n) is 7.01. The number of aromatic nitrogens is 1. The number of aromatic carboxylic acids is 1. The molecule has 0 radical (unpaired) electrons. The Bertz CT molecular complexity index is 657. The predicted octanol–water partition coefficient (Wildman–Crippen LogP) is 2.90. The van der Waals surface area contributed by atoms with Crippen LogP contribution in [0.15, 0.2) is 30.3 Å². The Morgan fingerprint density at radius 2 is 2.10 bits per heavy atom. The number of anilines is 1. The Morgan fingerprint density at radius 3 is 2.71 bits per heavy atom. The Kier molecular flexibility index (Phi) is 4.43. The van der Waals surface area contributed by atoms with Crippen LogP contribution < -0.4 is 5.32 Å². The summed E-state index contributed by atoms with van der Waals surface area (Å²) in [5.41, 5.74) is 1.09. The average molecular weight is 288 g/mol. The van der Waals surface area contributed by atoms with Gasteiger partial charge in [-0.3, -0.25) is 0 Å². The van der Waals surface area contributed by atoms with Crippen molar-refractivity contribution < 1.29 is 15.0 Å². The maximum Gasteiger partial charge on any atom is 0.354 e. The molecule has 112 valence electrons. The monoisotopic (exact) mass is 288 g/mol. The smallest absolute Gasteiger partial charge is 0.354 e. The molecule has 0 fully saturated rings. The zero-order valence-electron chi connectivity index (χ0n) is 12.3. The summed E-state index contributed by atoms with van der Waals surface area (Å²) in [6, 6.07) is 8.98. The highest BCUT2D eigenvalue weighted by molar-refractivity contribution is 5.97. The third-order valence-corrected chi connectivity index (χ3v) is 3.82. The highest BCUT2D eigenvalue weighted by Gasteiger charge is 2.22. The molecule has 3 N–H and O–H groups in total. The van der Waals surface area contributed by atoms with Gasteiger partial charge in [0.1, 0.15) is 0 Å². The van der Waals surface area contributed by atoms with E-state index in [2.05, 4.69) is 10.3 Å². The summed E-state index contributed by atoms with van der Waals surface area (Å²) in [5.74, 6) is -1.05. The molecule has 0 saturated carbocycles. The zero-order valence-corrected chi connectivity index (χ0v) is 12.3. The van der Waals surface area contributed by atoms with E-state index in [0.717, 1.165) is 17.5 Å². The third kappa shape index (κ3) is 3.31. The molecule has 1 unspecified atom stereocenters. The van der Waals surface area contributed by atoms with Gasteiger partial charge in [0.05, 0.1) is 5.52 Å². The average Bonchev–Trinajstić information content (AvgIpc) is 2.47. The van der Waals surface area contributed by atoms with Crippen molar-refractivity contribution in [1.82, 2.24) is 4.98 Å². The van der Waals surface area contributed by atoms with Gasteiger partial charge in [0.2, 0.25) is 0 Å². The molecule has 0 aliphatic heterocycles. The van der Waals surface area contributed by atoms with E-state index in [4.69, 9.17) is 0 Å². The summed E-state index contributed by atoms with van der Waals surface area (Å²) >= 11 is 0. The fourth-order valence-electron chi connectivity index (χ4n) is 2.29. The van der Waals surface area contributed by atoms with E-state index in [9.17, 15) is 15.0 Å². The summed E-state index contributed by atoms with van der Waals surface area (Å²) in [7, 11) is 0. The van der Waals surface area contributed by atoms with Crippen molar-refractivity contribution in [3.05, 3.63) is 36.0 Å². The lowest BCUT2D eigenvalue weighted by molar-refractivity contribution is 0.0691. The molecule has 2 aromatic rings. The number of hydrogen-bond acceptors (Lipinski definition) is 4. The number of nitrogens with one attached hydrogen (secondary N) is 1. The second-order valence-corrected chi connectivity index (χ2v) is 5.39. The number of benzene rings is 1. The van der Waals surface area contributed by atoms with Crippen molar-refractivity contribution >= 4 is 22.6 Å². The van der Waals surface area contributed by atoms with Gasteiger partial charge in [0.15, 0.2) is 5.69 Å². The molecule has 0 bridgehead atoms. The van der Waals surface area contributed by atoms with Crippen LogP contribution in [0.4, 0.5) is 5.69 Å². The number of rotatable bonds is 6. The summed E-state index contributed by atoms with van der Waals surface area (Å²) in [4.78, 5) is 15.4. The molecule has 0 saturated heterocycles. The molecule has 1 aromatic heterocycles. The molecule has 0 aliphatic carbocycles. The highest BCUT2D eigenvalue weighted by atomic mass is 16.4. The van der Waals surface area contributed by atoms with Gasteiger partial charge in [-0.25, -0.2) is 9.78 Å². The van der Waals surface area contributed by atoms with Crippen LogP contribution in [0.5, 0.6) is 0 Å². The number of aliphatic hydroxyl groups is 1. The van der Waals surface area contributed by atoms with Gasteiger partial charge < -0.3 is 15.5 Å². The second-order valence-electron chi connectivity index (χ2n) is 5.39. The lowest BCUT2D eigenvalue weighted by atomic mass is 9.94. The first kappa shape index (κ1) is 15.3. The molecule has 0 spiro atoms. The van der Waals surface area contributed by atoms with E-state index >= 15 is 0 Å². The predicted molar refractivity (Wildman–Crippen MR) is 82.7 cm³/mol. The van der Waals surface area contributed by atoms with Gasteiger partial charge in [0, 0.05) is 23.2 Å². The number of aliphatic hydroxyl groups excluding tert-OH is 1. The lowest BCUT2D eigenvalue weighted by Gasteiger charge is -2.31. The van der Waals surface area contributed by atoms with E-state index in [-0.39, 0.29) is 17.8 Å². The van der Waals surface area contributed by atoms with Crippen LogP contribution in [0, 0.1) is 0 Å². The van der Waals surface area contributed by atoms with Crippen LogP contribution in [-0.4, -0.2) is 33.3 Å². The van der Waals surface area contributed by atoms with E-state index in [1.54, 1.807) is 12.1 Å². The van der Waals surface area contributed by atoms with E-state index in [1.807, 2.05) is 32.0 Å². The van der Waals surface area contributed by atoms with Crippen molar-refractivity contribution in [3.63, 3.8) is 0 Å². The summed E-state index contributed by atoms with van der Waals surface area (Å²) in [6.45, 7) is 4.12. The van der Waals surface area contributed by atoms with Crippen molar-refractivity contribution in [2.45, 2.75) is 32.2 Å². The molecular weight excluding hydrogens is 268 g/mol. The fourth-order valence-corrected chi connectivity index (χ4v) is 2.29. The van der Waals surface area contributed by atoms with Crippen LogP contribution >= 0.6 is 0 Å². The maximum absolute atomic E-state index is 11.2. The topological polar surface area (TPSA) is 82.5 Å². The molecule has 0 amide bonds. The van der Waals surface area contributed by atoms with Crippen molar-refractivity contribution in [2.75, 3.05) is 11.9 Å². The number of carbonyl (C=O) groups is 1. The minimum Gasteiger partial charge on any atom is -0.477 e. The largest absolute Gasteiger partial charge is 0.477 e. The normalized spacial score (nSPS) is 13.9. The first-order valence-corrected chi connectivity index (χ1v) is 7.01. The summed E-state index contributed by atoms with van der Waals surface area (Å²) < 4.78 is 0. The number of pyridine rings is 1. The fraction of sp³-hybridized carbons (Fsp3) is 0.375.